The number of nitrogens with two attached hydrogens (primary N) is 1. The van der Waals surface area contributed by atoms with Crippen LogP contribution in [0, 0.1) is 17.8 Å². The molecule has 10 nitrogen and oxygen atoms in total. The maximum absolute atomic E-state index is 13.3. The monoisotopic (exact) mass is 427 g/mol. The summed E-state index contributed by atoms with van der Waals surface area (Å²) in [5.41, 5.74) is 5.40. The SMILES string of the molecule is CN(C)c1ccc(O)c2c1CC1CC3/C(=N\O)C(O)=C(C(N)=O)C(=O)C3C(O)=C1C2=O. The van der Waals surface area contributed by atoms with Crippen LogP contribution in [0.3, 0.4) is 0 Å². The number of ketones is 2. The number of carbonyl (C=O) groups excluding carboxylic acids is 3. The van der Waals surface area contributed by atoms with Gasteiger partial charge in [-0.2, -0.15) is 0 Å². The van der Waals surface area contributed by atoms with Crippen LogP contribution >= 0.6 is 0 Å². The van der Waals surface area contributed by atoms with Gasteiger partial charge in [0.15, 0.2) is 17.3 Å². The molecule has 0 fully saturated rings. The first kappa shape index (κ1) is 20.5. The third kappa shape index (κ3) is 2.71. The number of aliphatic hydroxyl groups is 2. The lowest BCUT2D eigenvalue weighted by Gasteiger charge is -2.41. The van der Waals surface area contributed by atoms with Crippen LogP contribution in [-0.4, -0.2) is 57.8 Å². The number of fused-ring (bicyclic) bond motifs is 3. The second-order valence-corrected chi connectivity index (χ2v) is 8.14. The lowest BCUT2D eigenvalue weighted by atomic mass is 9.62. The van der Waals surface area contributed by atoms with E-state index in [0.717, 1.165) is 5.69 Å². The van der Waals surface area contributed by atoms with Gasteiger partial charge in [-0.3, -0.25) is 14.4 Å². The van der Waals surface area contributed by atoms with Crippen molar-refractivity contribution >= 4 is 28.9 Å². The van der Waals surface area contributed by atoms with Crippen molar-refractivity contribution in [3.8, 4) is 5.75 Å². The highest BCUT2D eigenvalue weighted by Gasteiger charge is 2.53. The van der Waals surface area contributed by atoms with Crippen molar-refractivity contribution in [1.29, 1.82) is 0 Å². The van der Waals surface area contributed by atoms with Crippen molar-refractivity contribution in [1.82, 2.24) is 0 Å². The number of Topliss-reactive ketones (excluding diaryl/α,β-unsaturated/α-hetero) is 2. The number of aromatic hydroxyl groups is 1. The summed E-state index contributed by atoms with van der Waals surface area (Å²) >= 11 is 0. The zero-order valence-corrected chi connectivity index (χ0v) is 16.8. The third-order valence-electron chi connectivity index (χ3n) is 6.30. The van der Waals surface area contributed by atoms with Gasteiger partial charge >= 0.3 is 0 Å². The predicted molar refractivity (Wildman–Crippen MR) is 108 cm³/mol. The molecule has 0 aromatic heterocycles. The van der Waals surface area contributed by atoms with E-state index in [1.54, 1.807) is 25.1 Å². The number of amides is 1. The molecule has 31 heavy (non-hydrogen) atoms. The van der Waals surface area contributed by atoms with Crippen LogP contribution in [0.5, 0.6) is 5.75 Å². The Kier molecular flexibility index (Phi) is 4.53. The Bertz CT molecular complexity index is 1150. The van der Waals surface area contributed by atoms with Crippen LogP contribution in [0.15, 0.2) is 40.0 Å². The van der Waals surface area contributed by atoms with Crippen LogP contribution < -0.4 is 10.6 Å². The fraction of sp³-hybridized carbons (Fsp3) is 0.333. The zero-order chi connectivity index (χ0) is 22.8. The summed E-state index contributed by atoms with van der Waals surface area (Å²) in [5.74, 6) is -7.35. The fourth-order valence-corrected chi connectivity index (χ4v) is 5.01. The fourth-order valence-electron chi connectivity index (χ4n) is 5.01. The normalized spacial score (nSPS) is 26.5. The molecule has 0 aliphatic heterocycles. The summed E-state index contributed by atoms with van der Waals surface area (Å²) in [7, 11) is 3.59. The molecule has 0 radical (unpaired) electrons. The van der Waals surface area contributed by atoms with Crippen molar-refractivity contribution < 1.29 is 34.9 Å². The van der Waals surface area contributed by atoms with Crippen molar-refractivity contribution in [3.05, 3.63) is 45.9 Å². The molecule has 0 saturated heterocycles. The second-order valence-electron chi connectivity index (χ2n) is 8.14. The molecule has 6 N–H and O–H groups in total. The van der Waals surface area contributed by atoms with Gasteiger partial charge in [-0.1, -0.05) is 5.16 Å². The molecule has 0 spiro atoms. The number of rotatable bonds is 2. The number of benzene rings is 1. The van der Waals surface area contributed by atoms with Gasteiger partial charge in [0, 0.05) is 31.3 Å². The molecule has 1 aromatic rings. The van der Waals surface area contributed by atoms with Crippen molar-refractivity contribution in [3.63, 3.8) is 0 Å². The molecule has 3 aliphatic carbocycles. The van der Waals surface area contributed by atoms with Crippen LogP contribution in [0.2, 0.25) is 0 Å². The lowest BCUT2D eigenvalue weighted by molar-refractivity contribution is -0.124. The van der Waals surface area contributed by atoms with E-state index in [2.05, 4.69) is 5.16 Å². The van der Waals surface area contributed by atoms with E-state index in [1.165, 1.54) is 6.07 Å². The van der Waals surface area contributed by atoms with Gasteiger partial charge < -0.3 is 31.2 Å². The van der Waals surface area contributed by atoms with Gasteiger partial charge in [-0.25, -0.2) is 0 Å². The van der Waals surface area contributed by atoms with E-state index >= 15 is 0 Å². The van der Waals surface area contributed by atoms with E-state index in [4.69, 9.17) is 5.73 Å². The molecule has 10 heteroatoms. The number of allylic oxidation sites excluding steroid dienone is 3. The van der Waals surface area contributed by atoms with E-state index in [0.29, 0.717) is 5.56 Å². The number of carbonyl (C=O) groups is 3. The number of phenolic OH excluding ortho intramolecular Hbond substituents is 1. The minimum Gasteiger partial charge on any atom is -0.511 e. The van der Waals surface area contributed by atoms with E-state index in [1.807, 2.05) is 0 Å². The number of phenols is 1. The first-order valence-electron chi connectivity index (χ1n) is 9.59. The molecule has 3 unspecified atom stereocenters. The summed E-state index contributed by atoms with van der Waals surface area (Å²) < 4.78 is 0. The van der Waals surface area contributed by atoms with Gasteiger partial charge in [0.2, 0.25) is 0 Å². The molecule has 0 bridgehead atoms. The molecule has 162 valence electrons. The summed E-state index contributed by atoms with van der Waals surface area (Å²) in [6.45, 7) is 0. The number of primary amides is 1. The van der Waals surface area contributed by atoms with E-state index in [9.17, 15) is 34.9 Å². The third-order valence-corrected chi connectivity index (χ3v) is 6.30. The minimum atomic E-state index is -1.40. The van der Waals surface area contributed by atoms with E-state index < -0.39 is 52.3 Å². The average Bonchev–Trinajstić information content (AvgIpc) is 2.67. The largest absolute Gasteiger partial charge is 0.511 e. The zero-order valence-electron chi connectivity index (χ0n) is 16.8. The molecule has 1 aromatic carbocycles. The van der Waals surface area contributed by atoms with Crippen molar-refractivity contribution in [2.75, 3.05) is 19.0 Å². The molecule has 4 rings (SSSR count). The lowest BCUT2D eigenvalue weighted by Crippen LogP contribution is -2.47. The first-order chi connectivity index (χ1) is 14.6. The van der Waals surface area contributed by atoms with Crippen molar-refractivity contribution in [2.45, 2.75) is 12.8 Å². The Morgan fingerprint density at radius 2 is 1.87 bits per heavy atom. The van der Waals surface area contributed by atoms with Gasteiger partial charge in [0.25, 0.3) is 5.91 Å². The number of anilines is 1. The topological polar surface area (TPSA) is 174 Å². The molecular weight excluding hydrogens is 406 g/mol. The minimum absolute atomic E-state index is 0.0317. The maximum atomic E-state index is 13.3. The highest BCUT2D eigenvalue weighted by molar-refractivity contribution is 6.28. The van der Waals surface area contributed by atoms with Gasteiger partial charge in [-0.05, 0) is 36.5 Å². The quantitative estimate of drug-likeness (QED) is 0.264. The Hall–Kier alpha value is -3.82. The Labute approximate surface area is 176 Å². The second kappa shape index (κ2) is 6.86. The predicted octanol–water partition coefficient (Wildman–Crippen LogP) is 0.972. The van der Waals surface area contributed by atoms with Crippen LogP contribution in [0.4, 0.5) is 5.69 Å². The molecule has 3 atom stereocenters. The molecule has 0 heterocycles. The van der Waals surface area contributed by atoms with Crippen LogP contribution in [0.25, 0.3) is 0 Å². The molecule has 3 aliphatic rings. The summed E-state index contributed by atoms with van der Waals surface area (Å²) in [4.78, 5) is 39.7. The summed E-state index contributed by atoms with van der Waals surface area (Å²) in [6, 6.07) is 3.07. The first-order valence-corrected chi connectivity index (χ1v) is 9.59. The number of hydrogen-bond acceptors (Lipinski definition) is 9. The summed E-state index contributed by atoms with van der Waals surface area (Å²) in [5, 5.41) is 44.2. The van der Waals surface area contributed by atoms with Crippen LogP contribution in [0.1, 0.15) is 22.3 Å². The summed E-state index contributed by atoms with van der Waals surface area (Å²) in [6.07, 6.45) is 0.366. The highest BCUT2D eigenvalue weighted by atomic mass is 16.4. The standard InChI is InChI=1S/C21H21N3O7/c1-24(2)10-3-4-11(25)13-8(10)5-7-6-9-14(18(27)12(7)17(13)26)19(28)15(21(22)30)20(29)16(9)23-31/h3-4,7,9,14,25,27,29,31H,5-6H2,1-2H3,(H2,22,30)/b23-16+. The van der Waals surface area contributed by atoms with E-state index in [-0.39, 0.29) is 35.4 Å². The number of nitrogens with zero attached hydrogens (tertiary/aromatic N) is 2. The molecule has 0 saturated carbocycles. The smallest absolute Gasteiger partial charge is 0.256 e. The van der Waals surface area contributed by atoms with Gasteiger partial charge in [0.05, 0.1) is 11.5 Å². The Balaban J connectivity index is 1.93. The number of oxime groups is 1. The molecule has 1 amide bonds. The number of hydrogen-bond donors (Lipinski definition) is 5. The maximum Gasteiger partial charge on any atom is 0.256 e. The van der Waals surface area contributed by atoms with Gasteiger partial charge in [0.1, 0.15) is 22.8 Å². The van der Waals surface area contributed by atoms with Crippen LogP contribution in [-0.2, 0) is 16.0 Å². The Morgan fingerprint density at radius 3 is 2.45 bits per heavy atom. The molecular formula is C21H21N3O7. The average molecular weight is 427 g/mol. The number of aliphatic hydroxyl groups excluding tert-OH is 2. The van der Waals surface area contributed by atoms with Crippen molar-refractivity contribution in [2.24, 2.45) is 28.6 Å². The Morgan fingerprint density at radius 1 is 1.19 bits per heavy atom. The highest BCUT2D eigenvalue weighted by Crippen LogP contribution is 2.49. The van der Waals surface area contributed by atoms with Gasteiger partial charge in [-0.15, -0.1) is 0 Å².